The predicted octanol–water partition coefficient (Wildman–Crippen LogP) is 2.09. The van der Waals surface area contributed by atoms with Crippen LogP contribution >= 0.6 is 36.2 Å². The van der Waals surface area contributed by atoms with Crippen LogP contribution in [0.15, 0.2) is 6.33 Å². The molecule has 0 aliphatic carbocycles. The molecule has 2 N–H and O–H groups in total. The molecule has 0 saturated carbocycles. The lowest BCUT2D eigenvalue weighted by Gasteiger charge is -2.17. The van der Waals surface area contributed by atoms with Gasteiger partial charge in [-0.25, -0.2) is 9.97 Å². The van der Waals surface area contributed by atoms with Gasteiger partial charge in [0.05, 0.1) is 12.0 Å². The van der Waals surface area contributed by atoms with E-state index in [4.69, 9.17) is 4.74 Å². The number of ether oxygens (including phenoxy) is 1. The Morgan fingerprint density at radius 2 is 2.26 bits per heavy atom. The molecule has 10 heteroatoms. The summed E-state index contributed by atoms with van der Waals surface area (Å²) in [6, 6.07) is 0. The van der Waals surface area contributed by atoms with Crippen LogP contribution in [0.1, 0.15) is 16.9 Å². The van der Waals surface area contributed by atoms with Crippen LogP contribution in [-0.4, -0.2) is 60.7 Å². The van der Waals surface area contributed by atoms with Gasteiger partial charge < -0.3 is 20.3 Å². The standard InChI is InChI=1S/C17H23N5O2S.2ClH/c1-24-5-4-22-9-11(6-14(22)23)7-19-16-15-12-2-3-18-8-13(12)25-17(15)21-10-20-16;;/h10-11,18H,2-9H2,1H3,(H,19,20,21);2*1H. The highest BCUT2D eigenvalue weighted by Gasteiger charge is 2.29. The van der Waals surface area contributed by atoms with Crippen molar-refractivity contribution in [2.45, 2.75) is 19.4 Å². The van der Waals surface area contributed by atoms with E-state index in [1.165, 1.54) is 15.8 Å². The summed E-state index contributed by atoms with van der Waals surface area (Å²) in [6.45, 7) is 4.72. The number of nitrogens with zero attached hydrogens (tertiary/aromatic N) is 3. The highest BCUT2D eigenvalue weighted by atomic mass is 35.5. The first-order valence-electron chi connectivity index (χ1n) is 8.73. The molecule has 1 fully saturated rings. The van der Waals surface area contributed by atoms with Gasteiger partial charge in [-0.3, -0.25) is 4.79 Å². The second-order valence-electron chi connectivity index (χ2n) is 6.62. The third-order valence-electron chi connectivity index (χ3n) is 4.93. The van der Waals surface area contributed by atoms with E-state index in [2.05, 4.69) is 20.6 Å². The van der Waals surface area contributed by atoms with Gasteiger partial charge in [0.2, 0.25) is 5.91 Å². The molecule has 1 amide bonds. The monoisotopic (exact) mass is 433 g/mol. The van der Waals surface area contributed by atoms with E-state index >= 15 is 0 Å². The first-order chi connectivity index (χ1) is 12.3. The van der Waals surface area contributed by atoms with Gasteiger partial charge in [-0.2, -0.15) is 0 Å². The lowest BCUT2D eigenvalue weighted by Crippen LogP contribution is -2.29. The molecule has 4 heterocycles. The van der Waals surface area contributed by atoms with Gasteiger partial charge in [0.25, 0.3) is 0 Å². The van der Waals surface area contributed by atoms with Crippen molar-refractivity contribution < 1.29 is 9.53 Å². The SMILES string of the molecule is COCCN1CC(CNc2ncnc3sc4c(c23)CCNC4)CC1=O.Cl.Cl. The van der Waals surface area contributed by atoms with Gasteiger partial charge in [-0.15, -0.1) is 36.2 Å². The van der Waals surface area contributed by atoms with Crippen molar-refractivity contribution in [1.82, 2.24) is 20.2 Å². The van der Waals surface area contributed by atoms with Gasteiger partial charge in [-0.05, 0) is 18.5 Å². The van der Waals surface area contributed by atoms with Gasteiger partial charge >= 0.3 is 0 Å². The first-order valence-corrected chi connectivity index (χ1v) is 9.54. The molecule has 1 saturated heterocycles. The minimum Gasteiger partial charge on any atom is -0.383 e. The molecular weight excluding hydrogens is 409 g/mol. The number of rotatable bonds is 6. The number of likely N-dealkylation sites (tertiary alicyclic amines) is 1. The van der Waals surface area contributed by atoms with E-state index in [1.54, 1.807) is 24.8 Å². The Bertz CT molecular complexity index is 788. The third-order valence-corrected chi connectivity index (χ3v) is 6.07. The highest BCUT2D eigenvalue weighted by Crippen LogP contribution is 2.35. The quantitative estimate of drug-likeness (QED) is 0.725. The summed E-state index contributed by atoms with van der Waals surface area (Å²) in [5.41, 5.74) is 1.38. The molecule has 0 bridgehead atoms. The summed E-state index contributed by atoms with van der Waals surface area (Å²) in [5.74, 6) is 1.44. The largest absolute Gasteiger partial charge is 0.383 e. The zero-order valence-electron chi connectivity index (χ0n) is 15.2. The minimum absolute atomic E-state index is 0. The van der Waals surface area contributed by atoms with Crippen molar-refractivity contribution in [2.24, 2.45) is 5.92 Å². The number of carbonyl (C=O) groups is 1. The number of methoxy groups -OCH3 is 1. The van der Waals surface area contributed by atoms with E-state index in [0.29, 0.717) is 25.5 Å². The molecule has 4 rings (SSSR count). The van der Waals surface area contributed by atoms with Crippen molar-refractivity contribution in [3.05, 3.63) is 16.8 Å². The number of nitrogens with one attached hydrogen (secondary N) is 2. The summed E-state index contributed by atoms with van der Waals surface area (Å²) in [5, 5.41) is 8.07. The molecule has 7 nitrogen and oxygen atoms in total. The molecule has 1 unspecified atom stereocenters. The molecule has 2 aliphatic heterocycles. The molecule has 27 heavy (non-hydrogen) atoms. The molecule has 0 spiro atoms. The van der Waals surface area contributed by atoms with Gasteiger partial charge in [-0.1, -0.05) is 0 Å². The first kappa shape index (κ1) is 22.1. The Labute approximate surface area is 175 Å². The third kappa shape index (κ3) is 4.63. The lowest BCUT2D eigenvalue weighted by atomic mass is 10.1. The fourth-order valence-electron chi connectivity index (χ4n) is 3.64. The summed E-state index contributed by atoms with van der Waals surface area (Å²) >= 11 is 1.75. The van der Waals surface area contributed by atoms with E-state index < -0.39 is 0 Å². The summed E-state index contributed by atoms with van der Waals surface area (Å²) in [7, 11) is 1.66. The van der Waals surface area contributed by atoms with E-state index in [9.17, 15) is 4.79 Å². The van der Waals surface area contributed by atoms with Crippen molar-refractivity contribution in [3.8, 4) is 0 Å². The van der Waals surface area contributed by atoms with Crippen LogP contribution in [0.4, 0.5) is 5.82 Å². The number of aromatic nitrogens is 2. The Morgan fingerprint density at radius 1 is 1.41 bits per heavy atom. The van der Waals surface area contributed by atoms with Crippen molar-refractivity contribution in [1.29, 1.82) is 0 Å². The van der Waals surface area contributed by atoms with E-state index in [1.807, 2.05) is 4.90 Å². The number of anilines is 1. The van der Waals surface area contributed by atoms with Crippen LogP contribution in [0.5, 0.6) is 0 Å². The molecule has 1 atom stereocenters. The van der Waals surface area contributed by atoms with Crippen LogP contribution in [0.3, 0.4) is 0 Å². The Morgan fingerprint density at radius 3 is 3.07 bits per heavy atom. The molecule has 2 aromatic heterocycles. The number of fused-ring (bicyclic) bond motifs is 3. The van der Waals surface area contributed by atoms with Crippen LogP contribution in [0.25, 0.3) is 10.2 Å². The van der Waals surface area contributed by atoms with E-state index in [0.717, 1.165) is 43.2 Å². The van der Waals surface area contributed by atoms with Crippen molar-refractivity contribution in [3.63, 3.8) is 0 Å². The molecule has 2 aliphatic rings. The number of amides is 1. The number of thiophene rings is 1. The summed E-state index contributed by atoms with van der Waals surface area (Å²) < 4.78 is 5.08. The van der Waals surface area contributed by atoms with Crippen LogP contribution in [0, 0.1) is 5.92 Å². The topological polar surface area (TPSA) is 79.4 Å². The maximum Gasteiger partial charge on any atom is 0.223 e. The van der Waals surface area contributed by atoms with Crippen LogP contribution in [-0.2, 0) is 22.5 Å². The van der Waals surface area contributed by atoms with Gasteiger partial charge in [0.15, 0.2) is 0 Å². The number of hydrogen-bond donors (Lipinski definition) is 2. The predicted molar refractivity (Wildman–Crippen MR) is 112 cm³/mol. The molecule has 0 radical (unpaired) electrons. The molecule has 2 aromatic rings. The van der Waals surface area contributed by atoms with Crippen LogP contribution < -0.4 is 10.6 Å². The lowest BCUT2D eigenvalue weighted by molar-refractivity contribution is -0.128. The Balaban J connectivity index is 0.00000131. The molecular formula is C17H25Cl2N5O2S. The van der Waals surface area contributed by atoms with Gasteiger partial charge in [0, 0.05) is 50.5 Å². The minimum atomic E-state index is 0. The van der Waals surface area contributed by atoms with Crippen molar-refractivity contribution >= 4 is 58.1 Å². The number of hydrogen-bond acceptors (Lipinski definition) is 7. The smallest absolute Gasteiger partial charge is 0.223 e. The zero-order valence-corrected chi connectivity index (χ0v) is 17.6. The maximum atomic E-state index is 12.1. The van der Waals surface area contributed by atoms with E-state index in [-0.39, 0.29) is 30.7 Å². The fourth-order valence-corrected chi connectivity index (χ4v) is 4.80. The highest BCUT2D eigenvalue weighted by molar-refractivity contribution is 7.18. The molecule has 0 aromatic carbocycles. The average molecular weight is 434 g/mol. The molecule has 150 valence electrons. The second kappa shape index (κ2) is 9.84. The normalized spacial score (nSPS) is 18.8. The Kier molecular flexibility index (Phi) is 8.05. The number of carbonyl (C=O) groups excluding carboxylic acids is 1. The fraction of sp³-hybridized carbons (Fsp3) is 0.588. The average Bonchev–Trinajstić information content (AvgIpc) is 3.18. The summed E-state index contributed by atoms with van der Waals surface area (Å²) in [4.78, 5) is 25.3. The zero-order chi connectivity index (χ0) is 17.2. The van der Waals surface area contributed by atoms with Crippen LogP contribution in [0.2, 0.25) is 0 Å². The Hall–Kier alpha value is -1.19. The number of halogens is 2. The maximum absolute atomic E-state index is 12.1. The second-order valence-corrected chi connectivity index (χ2v) is 7.70. The van der Waals surface area contributed by atoms with Crippen molar-refractivity contribution in [2.75, 3.05) is 45.2 Å². The summed E-state index contributed by atoms with van der Waals surface area (Å²) in [6.07, 6.45) is 3.24. The van der Waals surface area contributed by atoms with Gasteiger partial charge in [0.1, 0.15) is 17.0 Å².